The van der Waals surface area contributed by atoms with Gasteiger partial charge in [-0.1, -0.05) is 20.3 Å². The van der Waals surface area contributed by atoms with Crippen molar-refractivity contribution in [3.05, 3.63) is 0 Å². The highest BCUT2D eigenvalue weighted by Crippen LogP contribution is 2.03. The molecule has 1 saturated heterocycles. The van der Waals surface area contributed by atoms with E-state index < -0.39 is 48.1 Å². The maximum absolute atomic E-state index is 10.1. The van der Waals surface area contributed by atoms with Crippen LogP contribution in [0.4, 0.5) is 0 Å². The highest BCUT2D eigenvalue weighted by molar-refractivity contribution is 5.74. The lowest BCUT2D eigenvalue weighted by Crippen LogP contribution is -2.39. The number of hydrogen-bond donors (Lipinski definition) is 10. The molecule has 202 valence electrons. The second-order valence-electron chi connectivity index (χ2n) is 7.93. The van der Waals surface area contributed by atoms with Crippen molar-refractivity contribution >= 4 is 23.9 Å². The Morgan fingerprint density at radius 2 is 1.38 bits per heavy atom. The first-order chi connectivity index (χ1) is 15.6. The SMILES string of the molecule is CC(C)[C@H](N)C(=O)O.C[C@@H](O)[C@H](N)C(=O)O.NCCCC[C@H](N)C(=O)O.O=C(O)[C@@H]1CCCN1. The number of aliphatic carboxylic acids is 4. The van der Waals surface area contributed by atoms with Crippen LogP contribution in [0.15, 0.2) is 0 Å². The third kappa shape index (κ3) is 21.5. The molecule has 0 aromatic heterocycles. The average molecular weight is 498 g/mol. The molecule has 1 aliphatic heterocycles. The van der Waals surface area contributed by atoms with Gasteiger partial charge in [0.2, 0.25) is 0 Å². The van der Waals surface area contributed by atoms with Crippen LogP contribution < -0.4 is 28.3 Å². The number of unbranched alkanes of at least 4 members (excludes halogenated alkanes) is 1. The summed E-state index contributed by atoms with van der Waals surface area (Å²) in [6, 6.07) is -2.86. The predicted molar refractivity (Wildman–Crippen MR) is 125 cm³/mol. The quantitative estimate of drug-likeness (QED) is 0.149. The van der Waals surface area contributed by atoms with Crippen LogP contribution in [0, 0.1) is 5.92 Å². The average Bonchev–Trinajstić information content (AvgIpc) is 3.29. The van der Waals surface area contributed by atoms with Gasteiger partial charge in [-0.05, 0) is 51.6 Å². The standard InChI is InChI=1S/C6H14N2O2.C5H9NO2.C5H11NO2.C4H9NO3/c7-4-2-1-3-5(8)6(9)10;7-5(8)4-2-1-3-6-4;1-3(2)4(6)5(7)8;1-2(6)3(5)4(7)8/h5H,1-4,7-8H2,(H,9,10);4,6H,1-3H2,(H,7,8);3-4H,6H2,1-2H3,(H,7,8);2-3,6H,5H2,1H3,(H,7,8)/t5-;2*4-;2-,3+/m0001/s1. The minimum Gasteiger partial charge on any atom is -0.480 e. The number of carboxylic acid groups (broad SMARTS) is 4. The van der Waals surface area contributed by atoms with Gasteiger partial charge in [-0.15, -0.1) is 0 Å². The van der Waals surface area contributed by atoms with Crippen molar-refractivity contribution in [3.63, 3.8) is 0 Å². The fraction of sp³-hybridized carbons (Fsp3) is 0.800. The van der Waals surface area contributed by atoms with Gasteiger partial charge in [-0.3, -0.25) is 19.2 Å². The van der Waals surface area contributed by atoms with Gasteiger partial charge in [0.25, 0.3) is 0 Å². The van der Waals surface area contributed by atoms with E-state index in [1.807, 2.05) is 0 Å². The van der Waals surface area contributed by atoms with Crippen LogP contribution in [-0.2, 0) is 19.2 Å². The van der Waals surface area contributed by atoms with Crippen molar-refractivity contribution in [2.24, 2.45) is 28.9 Å². The van der Waals surface area contributed by atoms with Crippen LogP contribution in [0.5, 0.6) is 0 Å². The van der Waals surface area contributed by atoms with Crippen molar-refractivity contribution in [3.8, 4) is 0 Å². The van der Waals surface area contributed by atoms with Gasteiger partial charge in [0.05, 0.1) is 6.10 Å². The van der Waals surface area contributed by atoms with E-state index in [0.29, 0.717) is 13.0 Å². The summed E-state index contributed by atoms with van der Waals surface area (Å²) in [4.78, 5) is 40.1. The molecule has 1 aliphatic rings. The van der Waals surface area contributed by atoms with Crippen molar-refractivity contribution in [2.75, 3.05) is 13.1 Å². The number of rotatable bonds is 10. The molecule has 1 heterocycles. The van der Waals surface area contributed by atoms with Crippen molar-refractivity contribution in [2.45, 2.75) is 83.1 Å². The summed E-state index contributed by atoms with van der Waals surface area (Å²) in [6.07, 6.45) is 2.97. The molecule has 0 unspecified atom stereocenters. The highest BCUT2D eigenvalue weighted by atomic mass is 16.4. The summed E-state index contributed by atoms with van der Waals surface area (Å²) in [5.41, 5.74) is 20.5. The monoisotopic (exact) mass is 497 g/mol. The Hall–Kier alpha value is -2.36. The number of aliphatic hydroxyl groups is 1. The molecule has 5 atom stereocenters. The third-order valence-electron chi connectivity index (χ3n) is 4.45. The predicted octanol–water partition coefficient (Wildman–Crippen LogP) is -1.82. The topological polar surface area (TPSA) is 286 Å². The van der Waals surface area contributed by atoms with Gasteiger partial charge < -0.3 is 53.8 Å². The summed E-state index contributed by atoms with van der Waals surface area (Å²) in [6.45, 7) is 6.35. The van der Waals surface area contributed by atoms with Crippen molar-refractivity contribution in [1.29, 1.82) is 0 Å². The van der Waals surface area contributed by atoms with Crippen LogP contribution in [0.25, 0.3) is 0 Å². The summed E-state index contributed by atoms with van der Waals surface area (Å²) >= 11 is 0. The molecule has 0 aromatic rings. The van der Waals surface area contributed by atoms with Crippen molar-refractivity contribution in [1.82, 2.24) is 5.32 Å². The Morgan fingerprint density at radius 1 is 0.882 bits per heavy atom. The molecule has 14 N–H and O–H groups in total. The van der Waals surface area contributed by atoms with Gasteiger partial charge in [-0.25, -0.2) is 0 Å². The second-order valence-corrected chi connectivity index (χ2v) is 7.93. The normalized spacial score (nSPS) is 17.9. The molecular weight excluding hydrogens is 454 g/mol. The molecule has 14 heteroatoms. The second kappa shape index (κ2) is 21.2. The minimum absolute atomic E-state index is 0.0208. The molecular formula is C20H43N5O9. The Labute approximate surface area is 199 Å². The molecule has 0 saturated carbocycles. The van der Waals surface area contributed by atoms with Crippen molar-refractivity contribution < 1.29 is 44.7 Å². The molecule has 34 heavy (non-hydrogen) atoms. The number of nitrogens with one attached hydrogen (secondary N) is 1. The molecule has 1 fully saturated rings. The van der Waals surface area contributed by atoms with Crippen LogP contribution in [0.1, 0.15) is 52.9 Å². The van der Waals surface area contributed by atoms with Gasteiger partial charge in [0.1, 0.15) is 24.2 Å². The first-order valence-electron chi connectivity index (χ1n) is 10.9. The summed E-state index contributed by atoms with van der Waals surface area (Å²) in [5, 5.41) is 44.3. The third-order valence-corrected chi connectivity index (χ3v) is 4.45. The molecule has 0 aromatic carbocycles. The van der Waals surface area contributed by atoms with Crippen LogP contribution in [0.3, 0.4) is 0 Å². The smallest absolute Gasteiger partial charge is 0.323 e. The van der Waals surface area contributed by atoms with Crippen LogP contribution >= 0.6 is 0 Å². The largest absolute Gasteiger partial charge is 0.480 e. The van der Waals surface area contributed by atoms with Gasteiger partial charge in [0.15, 0.2) is 0 Å². The van der Waals surface area contributed by atoms with E-state index in [1.54, 1.807) is 13.8 Å². The Morgan fingerprint density at radius 3 is 1.56 bits per heavy atom. The molecule has 0 amide bonds. The minimum atomic E-state index is -1.18. The van der Waals surface area contributed by atoms with Gasteiger partial charge >= 0.3 is 23.9 Å². The van der Waals surface area contributed by atoms with E-state index in [4.69, 9.17) is 48.5 Å². The number of hydrogen-bond acceptors (Lipinski definition) is 10. The fourth-order valence-electron chi connectivity index (χ4n) is 2.02. The van der Waals surface area contributed by atoms with E-state index in [0.717, 1.165) is 32.2 Å². The maximum atomic E-state index is 10.1. The molecule has 0 aliphatic carbocycles. The zero-order valence-electron chi connectivity index (χ0n) is 20.1. The molecule has 14 nitrogen and oxygen atoms in total. The number of carbonyl (C=O) groups is 4. The summed E-state index contributed by atoms with van der Waals surface area (Å²) < 4.78 is 0. The molecule has 1 rings (SSSR count). The van der Waals surface area contributed by atoms with E-state index >= 15 is 0 Å². The lowest BCUT2D eigenvalue weighted by atomic mass is 10.1. The summed E-state index contributed by atoms with van der Waals surface area (Å²) in [5.74, 6) is -3.74. The lowest BCUT2D eigenvalue weighted by Gasteiger charge is -2.07. The molecule has 0 bridgehead atoms. The van der Waals surface area contributed by atoms with E-state index in [2.05, 4.69) is 5.32 Å². The van der Waals surface area contributed by atoms with Crippen LogP contribution in [0.2, 0.25) is 0 Å². The van der Waals surface area contributed by atoms with Crippen LogP contribution in [-0.4, -0.2) is 92.8 Å². The zero-order valence-corrected chi connectivity index (χ0v) is 20.1. The molecule has 0 spiro atoms. The Kier molecular flexibility index (Phi) is 22.6. The molecule has 0 radical (unpaired) electrons. The summed E-state index contributed by atoms with van der Waals surface area (Å²) in [7, 11) is 0. The highest BCUT2D eigenvalue weighted by Gasteiger charge is 2.20. The fourth-order valence-corrected chi connectivity index (χ4v) is 2.02. The zero-order chi connectivity index (χ0) is 27.4. The van der Waals surface area contributed by atoms with Gasteiger partial charge in [-0.2, -0.15) is 0 Å². The Bertz CT molecular complexity index is 544. The van der Waals surface area contributed by atoms with E-state index in [1.165, 1.54) is 6.92 Å². The lowest BCUT2D eigenvalue weighted by molar-refractivity contribution is -0.141. The van der Waals surface area contributed by atoms with Gasteiger partial charge in [0, 0.05) is 0 Å². The number of aliphatic hydroxyl groups excluding tert-OH is 1. The number of carboxylic acids is 4. The maximum Gasteiger partial charge on any atom is 0.323 e. The van der Waals surface area contributed by atoms with E-state index in [9.17, 15) is 19.2 Å². The van der Waals surface area contributed by atoms with E-state index in [-0.39, 0.29) is 12.0 Å². The first-order valence-corrected chi connectivity index (χ1v) is 10.9. The number of nitrogens with two attached hydrogens (primary N) is 4. The Balaban J connectivity index is -0.000000379. The first kappa shape index (κ1) is 36.2.